The van der Waals surface area contributed by atoms with Gasteiger partial charge in [-0.3, -0.25) is 0 Å². The number of thiophene rings is 1. The summed E-state index contributed by atoms with van der Waals surface area (Å²) in [5.41, 5.74) is 7.71. The Hall–Kier alpha value is -0.890. The van der Waals surface area contributed by atoms with Gasteiger partial charge in [-0.05, 0) is 51.5 Å². The van der Waals surface area contributed by atoms with E-state index in [1.54, 1.807) is 32.2 Å². The van der Waals surface area contributed by atoms with E-state index in [9.17, 15) is 8.42 Å². The summed E-state index contributed by atoms with van der Waals surface area (Å²) in [6, 6.07) is 7.02. The highest BCUT2D eigenvalue weighted by atomic mass is 79.9. The average molecular weight is 375 g/mol. The van der Waals surface area contributed by atoms with E-state index in [2.05, 4.69) is 15.9 Å². The predicted octanol–water partition coefficient (Wildman–Crippen LogP) is 3.22. The topological polar surface area (TPSA) is 63.4 Å². The number of nitrogens with zero attached hydrogens (tertiary/aromatic N) is 1. The second-order valence-corrected chi connectivity index (χ2v) is 8.79. The molecule has 2 aromatic rings. The number of rotatable bonds is 4. The van der Waals surface area contributed by atoms with Crippen LogP contribution in [0.2, 0.25) is 0 Å². The van der Waals surface area contributed by atoms with Gasteiger partial charge >= 0.3 is 0 Å². The normalized spacial score (nSPS) is 12.0. The van der Waals surface area contributed by atoms with Crippen LogP contribution in [0, 0.1) is 6.92 Å². The Balaban J connectivity index is 2.35. The fourth-order valence-electron chi connectivity index (χ4n) is 1.95. The lowest BCUT2D eigenvalue weighted by Crippen LogP contribution is -2.27. The van der Waals surface area contributed by atoms with E-state index in [1.165, 1.54) is 15.6 Å². The van der Waals surface area contributed by atoms with E-state index in [-0.39, 0.29) is 10.6 Å². The summed E-state index contributed by atoms with van der Waals surface area (Å²) in [5.74, 6) is 0. The maximum Gasteiger partial charge on any atom is 0.245 e. The van der Waals surface area contributed by atoms with Crippen molar-refractivity contribution in [1.82, 2.24) is 4.31 Å². The maximum atomic E-state index is 12.6. The smallest absolute Gasteiger partial charge is 0.245 e. The minimum atomic E-state index is -3.59. The van der Waals surface area contributed by atoms with E-state index in [0.29, 0.717) is 12.1 Å². The van der Waals surface area contributed by atoms with Gasteiger partial charge < -0.3 is 5.73 Å². The van der Waals surface area contributed by atoms with Gasteiger partial charge in [0.2, 0.25) is 10.0 Å². The molecule has 0 atom stereocenters. The number of hydrogen-bond donors (Lipinski definition) is 1. The molecule has 1 aromatic carbocycles. The molecule has 20 heavy (non-hydrogen) atoms. The largest absolute Gasteiger partial charge is 0.398 e. The number of aryl methyl sites for hydroxylation is 1. The van der Waals surface area contributed by atoms with E-state index < -0.39 is 10.0 Å². The van der Waals surface area contributed by atoms with Crippen LogP contribution in [0.4, 0.5) is 5.69 Å². The molecule has 1 heterocycles. The third-order valence-corrected chi connectivity index (χ3v) is 6.51. The summed E-state index contributed by atoms with van der Waals surface area (Å²) in [4.78, 5) is 0.191. The molecule has 0 fully saturated rings. The molecule has 0 radical (unpaired) electrons. The summed E-state index contributed by atoms with van der Waals surface area (Å²) < 4.78 is 27.5. The molecule has 2 N–H and O–H groups in total. The average Bonchev–Trinajstić information content (AvgIpc) is 2.74. The third-order valence-electron chi connectivity index (χ3n) is 2.94. The zero-order chi connectivity index (χ0) is 14.9. The molecule has 2 rings (SSSR count). The van der Waals surface area contributed by atoms with Gasteiger partial charge in [0.15, 0.2) is 0 Å². The summed E-state index contributed by atoms with van der Waals surface area (Å²) in [7, 11) is -2.03. The van der Waals surface area contributed by atoms with Crippen LogP contribution in [0.5, 0.6) is 0 Å². The van der Waals surface area contributed by atoms with Crippen molar-refractivity contribution in [3.8, 4) is 0 Å². The Morgan fingerprint density at radius 2 is 2.10 bits per heavy atom. The molecule has 0 saturated carbocycles. The number of hydrogen-bond acceptors (Lipinski definition) is 4. The van der Waals surface area contributed by atoms with Crippen molar-refractivity contribution in [1.29, 1.82) is 0 Å². The Bertz CT molecular complexity index is 705. The molecule has 0 aliphatic rings. The summed E-state index contributed by atoms with van der Waals surface area (Å²) in [6.07, 6.45) is 0. The minimum Gasteiger partial charge on any atom is -0.398 e. The Kier molecular flexibility index (Phi) is 4.53. The second kappa shape index (κ2) is 5.85. The predicted molar refractivity (Wildman–Crippen MR) is 86.3 cm³/mol. The first-order valence-corrected chi connectivity index (χ1v) is 8.98. The van der Waals surface area contributed by atoms with E-state index >= 15 is 0 Å². The molecule has 4 nitrogen and oxygen atoms in total. The molecule has 7 heteroatoms. The van der Waals surface area contributed by atoms with Crippen molar-refractivity contribution < 1.29 is 8.42 Å². The molecule has 0 aliphatic carbocycles. The standard InChI is InChI=1S/C13H15BrN2O2S2/c1-9-4-3-5-11(15)13(9)20(17,18)16(2)7-10-6-12(14)19-8-10/h3-6,8H,7,15H2,1-2H3. The summed E-state index contributed by atoms with van der Waals surface area (Å²) in [5, 5.41) is 1.93. The fourth-order valence-corrected chi connectivity index (χ4v) is 4.63. The zero-order valence-electron chi connectivity index (χ0n) is 11.1. The van der Waals surface area contributed by atoms with Crippen molar-refractivity contribution in [2.24, 2.45) is 0 Å². The van der Waals surface area contributed by atoms with Gasteiger partial charge in [-0.15, -0.1) is 11.3 Å². The van der Waals surface area contributed by atoms with Gasteiger partial charge in [0.05, 0.1) is 9.47 Å². The fraction of sp³-hybridized carbons (Fsp3) is 0.231. The third kappa shape index (κ3) is 3.06. The van der Waals surface area contributed by atoms with Crippen LogP contribution >= 0.6 is 27.3 Å². The number of benzene rings is 1. The molecule has 0 saturated heterocycles. The molecule has 108 valence electrons. The van der Waals surface area contributed by atoms with E-state index in [0.717, 1.165) is 9.35 Å². The number of halogens is 1. The number of anilines is 1. The highest BCUT2D eigenvalue weighted by molar-refractivity contribution is 9.11. The lowest BCUT2D eigenvalue weighted by Gasteiger charge is -2.19. The van der Waals surface area contributed by atoms with Crippen molar-refractivity contribution in [2.45, 2.75) is 18.4 Å². The van der Waals surface area contributed by atoms with Gasteiger partial charge in [0, 0.05) is 13.6 Å². The molecule has 0 spiro atoms. The minimum absolute atomic E-state index is 0.191. The molecule has 1 aromatic heterocycles. The van der Waals surface area contributed by atoms with Gasteiger partial charge in [-0.1, -0.05) is 12.1 Å². The molecular formula is C13H15BrN2O2S2. The molecule has 0 amide bonds. The highest BCUT2D eigenvalue weighted by Crippen LogP contribution is 2.27. The van der Waals surface area contributed by atoms with Crippen LogP contribution in [0.1, 0.15) is 11.1 Å². The highest BCUT2D eigenvalue weighted by Gasteiger charge is 2.25. The van der Waals surface area contributed by atoms with Crippen molar-refractivity contribution in [3.05, 3.63) is 44.6 Å². The van der Waals surface area contributed by atoms with Gasteiger partial charge in [0.25, 0.3) is 0 Å². The van der Waals surface area contributed by atoms with Crippen LogP contribution in [0.25, 0.3) is 0 Å². The molecule has 0 bridgehead atoms. The van der Waals surface area contributed by atoms with E-state index in [4.69, 9.17) is 5.73 Å². The van der Waals surface area contributed by atoms with E-state index in [1.807, 2.05) is 11.4 Å². The maximum absolute atomic E-state index is 12.6. The Morgan fingerprint density at radius 1 is 1.40 bits per heavy atom. The molecular weight excluding hydrogens is 360 g/mol. The monoisotopic (exact) mass is 374 g/mol. The van der Waals surface area contributed by atoms with Crippen LogP contribution in [0.15, 0.2) is 38.3 Å². The van der Waals surface area contributed by atoms with Crippen LogP contribution in [0.3, 0.4) is 0 Å². The first-order chi connectivity index (χ1) is 9.32. The number of nitrogen functional groups attached to an aromatic ring is 1. The number of sulfonamides is 1. The Morgan fingerprint density at radius 3 is 2.65 bits per heavy atom. The first-order valence-electron chi connectivity index (χ1n) is 5.86. The number of nitrogens with two attached hydrogens (primary N) is 1. The first kappa shape index (κ1) is 15.5. The van der Waals surface area contributed by atoms with Crippen LogP contribution in [-0.4, -0.2) is 19.8 Å². The lowest BCUT2D eigenvalue weighted by molar-refractivity contribution is 0.467. The second-order valence-electron chi connectivity index (χ2n) is 4.51. The Labute approximate surface area is 131 Å². The zero-order valence-corrected chi connectivity index (χ0v) is 14.3. The molecule has 0 aliphatic heterocycles. The van der Waals surface area contributed by atoms with Crippen molar-refractivity contribution in [2.75, 3.05) is 12.8 Å². The quantitative estimate of drug-likeness (QED) is 0.835. The van der Waals surface area contributed by atoms with Gasteiger partial charge in [-0.2, -0.15) is 4.31 Å². The van der Waals surface area contributed by atoms with Gasteiger partial charge in [-0.25, -0.2) is 8.42 Å². The summed E-state index contributed by atoms with van der Waals surface area (Å²) >= 11 is 4.90. The summed E-state index contributed by atoms with van der Waals surface area (Å²) in [6.45, 7) is 2.07. The van der Waals surface area contributed by atoms with Crippen molar-refractivity contribution in [3.63, 3.8) is 0 Å². The van der Waals surface area contributed by atoms with Crippen LogP contribution in [-0.2, 0) is 16.6 Å². The SMILES string of the molecule is Cc1cccc(N)c1S(=O)(=O)N(C)Cc1csc(Br)c1. The van der Waals surface area contributed by atoms with Crippen molar-refractivity contribution >= 4 is 43.0 Å². The molecule has 0 unspecified atom stereocenters. The lowest BCUT2D eigenvalue weighted by atomic mass is 10.2. The van der Waals surface area contributed by atoms with Crippen LogP contribution < -0.4 is 5.73 Å². The van der Waals surface area contributed by atoms with Gasteiger partial charge in [0.1, 0.15) is 4.90 Å².